The van der Waals surface area contributed by atoms with Crippen molar-refractivity contribution in [1.82, 2.24) is 20.1 Å². The number of hydrogen-bond acceptors (Lipinski definition) is 6. The largest absolute Gasteiger partial charge is 0.388 e. The summed E-state index contributed by atoms with van der Waals surface area (Å²) < 4.78 is 13.3. The molecule has 0 aliphatic carbocycles. The molecule has 2 saturated heterocycles. The standard InChI is InChI=1S/C21H21N5O4/c27-19-17(25-21(28)24-15-7-4-8-22-10-15)16-12-29-20(30-16)18(19)26-11-14(9-23-26)13-5-2-1-3-6-13/h1-11,16-20,27H,12H2,(H2,24,25,28). The topological polar surface area (TPSA) is 111 Å². The summed E-state index contributed by atoms with van der Waals surface area (Å²) in [5, 5.41) is 21.0. The summed E-state index contributed by atoms with van der Waals surface area (Å²) in [4.78, 5) is 16.4. The van der Waals surface area contributed by atoms with Crippen LogP contribution in [0.25, 0.3) is 11.1 Å². The molecule has 2 aromatic heterocycles. The third-order valence-corrected chi connectivity index (χ3v) is 5.36. The number of aliphatic hydroxyl groups excluding tert-OH is 1. The molecule has 0 spiro atoms. The maximum Gasteiger partial charge on any atom is 0.319 e. The third kappa shape index (κ3) is 3.54. The zero-order chi connectivity index (χ0) is 20.5. The van der Waals surface area contributed by atoms with Crippen LogP contribution in [0.2, 0.25) is 0 Å². The van der Waals surface area contributed by atoms with Gasteiger partial charge in [0, 0.05) is 18.0 Å². The van der Waals surface area contributed by atoms with Crippen molar-refractivity contribution >= 4 is 11.7 Å². The van der Waals surface area contributed by atoms with Gasteiger partial charge in [-0.25, -0.2) is 4.79 Å². The molecular formula is C21H21N5O4. The first-order chi connectivity index (χ1) is 14.7. The van der Waals surface area contributed by atoms with Crippen molar-refractivity contribution in [3.05, 3.63) is 67.3 Å². The van der Waals surface area contributed by atoms with Crippen molar-refractivity contribution in [2.45, 2.75) is 30.6 Å². The normalized spacial score (nSPS) is 27.6. The summed E-state index contributed by atoms with van der Waals surface area (Å²) in [6.07, 6.45) is 4.73. The molecule has 1 aromatic carbocycles. The molecule has 2 aliphatic heterocycles. The van der Waals surface area contributed by atoms with Crippen LogP contribution in [0, 0.1) is 0 Å². The van der Waals surface area contributed by atoms with Crippen LogP contribution in [0.5, 0.6) is 0 Å². The molecule has 9 nitrogen and oxygen atoms in total. The molecule has 5 unspecified atom stereocenters. The molecule has 2 amide bonds. The van der Waals surface area contributed by atoms with Crippen LogP contribution in [-0.2, 0) is 9.47 Å². The lowest BCUT2D eigenvalue weighted by atomic mass is 9.96. The number of amides is 2. The predicted octanol–water partition coefficient (Wildman–Crippen LogP) is 1.79. The quantitative estimate of drug-likeness (QED) is 0.608. The van der Waals surface area contributed by atoms with E-state index < -0.39 is 36.6 Å². The molecule has 5 atom stereocenters. The maximum absolute atomic E-state index is 12.5. The van der Waals surface area contributed by atoms with E-state index in [2.05, 4.69) is 20.7 Å². The molecule has 0 saturated carbocycles. The number of nitrogens with one attached hydrogen (secondary N) is 2. The molecule has 9 heteroatoms. The second-order valence-corrected chi connectivity index (χ2v) is 7.30. The average molecular weight is 407 g/mol. The zero-order valence-corrected chi connectivity index (χ0v) is 16.0. The van der Waals surface area contributed by atoms with Gasteiger partial charge in [0.25, 0.3) is 0 Å². The summed E-state index contributed by atoms with van der Waals surface area (Å²) in [5.41, 5.74) is 2.49. The summed E-state index contributed by atoms with van der Waals surface area (Å²) in [6, 6.07) is 11.6. The van der Waals surface area contributed by atoms with Crippen molar-refractivity contribution < 1.29 is 19.4 Å². The highest BCUT2D eigenvalue weighted by Gasteiger charge is 2.51. The molecule has 2 aliphatic rings. The molecule has 154 valence electrons. The van der Waals surface area contributed by atoms with Gasteiger partial charge in [-0.3, -0.25) is 9.67 Å². The molecule has 0 radical (unpaired) electrons. The second-order valence-electron chi connectivity index (χ2n) is 7.30. The van der Waals surface area contributed by atoms with E-state index in [1.54, 1.807) is 35.4 Å². The van der Waals surface area contributed by atoms with Crippen molar-refractivity contribution in [1.29, 1.82) is 0 Å². The SMILES string of the molecule is O=C(Nc1cccnc1)NC1C2COC(O2)C(n2cc(-c3ccccc3)cn2)C1O. The molecule has 4 heterocycles. The van der Waals surface area contributed by atoms with Crippen molar-refractivity contribution in [2.75, 3.05) is 11.9 Å². The summed E-state index contributed by atoms with van der Waals surface area (Å²) in [6.45, 7) is 0.281. The molecule has 5 rings (SSSR count). The van der Waals surface area contributed by atoms with E-state index in [4.69, 9.17) is 9.47 Å². The number of aromatic nitrogens is 3. The highest BCUT2D eigenvalue weighted by molar-refractivity contribution is 5.89. The first-order valence-corrected chi connectivity index (χ1v) is 9.71. The lowest BCUT2D eigenvalue weighted by molar-refractivity contribution is -0.166. The number of rotatable bonds is 4. The average Bonchev–Trinajstić information content (AvgIpc) is 3.42. The minimum atomic E-state index is -0.945. The highest BCUT2D eigenvalue weighted by Crippen LogP contribution is 2.36. The van der Waals surface area contributed by atoms with Gasteiger partial charge < -0.3 is 25.2 Å². The van der Waals surface area contributed by atoms with Gasteiger partial charge in [0.15, 0.2) is 6.29 Å². The number of nitrogens with zero attached hydrogens (tertiary/aromatic N) is 3. The fraction of sp³-hybridized carbons (Fsp3) is 0.286. The van der Waals surface area contributed by atoms with E-state index in [1.807, 2.05) is 36.5 Å². The van der Waals surface area contributed by atoms with Gasteiger partial charge in [-0.2, -0.15) is 5.10 Å². The number of hydrogen-bond donors (Lipinski definition) is 3. The van der Waals surface area contributed by atoms with Crippen molar-refractivity contribution in [3.63, 3.8) is 0 Å². The first-order valence-electron chi connectivity index (χ1n) is 9.71. The van der Waals surface area contributed by atoms with E-state index in [9.17, 15) is 9.90 Å². The molecular weight excluding hydrogens is 386 g/mol. The number of fused-ring (bicyclic) bond motifs is 2. The monoisotopic (exact) mass is 407 g/mol. The number of ether oxygens (including phenoxy) is 2. The van der Waals surface area contributed by atoms with E-state index in [-0.39, 0.29) is 6.61 Å². The van der Waals surface area contributed by atoms with Gasteiger partial charge in [-0.15, -0.1) is 0 Å². The third-order valence-electron chi connectivity index (χ3n) is 5.36. The fourth-order valence-electron chi connectivity index (χ4n) is 3.90. The van der Waals surface area contributed by atoms with Gasteiger partial charge in [0.2, 0.25) is 0 Å². The van der Waals surface area contributed by atoms with Crippen molar-refractivity contribution in [3.8, 4) is 11.1 Å². The van der Waals surface area contributed by atoms with Gasteiger partial charge in [-0.05, 0) is 17.7 Å². The Balaban J connectivity index is 1.34. The Bertz CT molecular complexity index is 1010. The van der Waals surface area contributed by atoms with Crippen LogP contribution in [-0.4, -0.2) is 57.0 Å². The van der Waals surface area contributed by atoms with Crippen molar-refractivity contribution in [2.24, 2.45) is 0 Å². The van der Waals surface area contributed by atoms with Crippen LogP contribution in [0.1, 0.15) is 6.04 Å². The fourth-order valence-corrected chi connectivity index (χ4v) is 3.90. The Labute approximate surface area is 172 Å². The highest BCUT2D eigenvalue weighted by atomic mass is 16.7. The Morgan fingerprint density at radius 2 is 2.00 bits per heavy atom. The first kappa shape index (κ1) is 18.7. The summed E-state index contributed by atoms with van der Waals surface area (Å²) >= 11 is 0. The number of carbonyl (C=O) groups is 1. The molecule has 3 aromatic rings. The number of urea groups is 1. The summed E-state index contributed by atoms with van der Waals surface area (Å²) in [7, 11) is 0. The molecule has 3 N–H and O–H groups in total. The Kier molecular flexibility index (Phi) is 4.91. The maximum atomic E-state index is 12.5. The van der Waals surface area contributed by atoms with E-state index >= 15 is 0 Å². The van der Waals surface area contributed by atoms with Crippen LogP contribution in [0.3, 0.4) is 0 Å². The van der Waals surface area contributed by atoms with E-state index in [0.29, 0.717) is 5.69 Å². The number of carbonyl (C=O) groups excluding carboxylic acids is 1. The number of pyridine rings is 1. The predicted molar refractivity (Wildman–Crippen MR) is 107 cm³/mol. The Morgan fingerprint density at radius 3 is 2.80 bits per heavy atom. The summed E-state index contributed by atoms with van der Waals surface area (Å²) in [5.74, 6) is 0. The van der Waals surface area contributed by atoms with Crippen LogP contribution < -0.4 is 10.6 Å². The van der Waals surface area contributed by atoms with Crippen LogP contribution in [0.4, 0.5) is 10.5 Å². The zero-order valence-electron chi connectivity index (χ0n) is 16.0. The number of aliphatic hydroxyl groups is 1. The Hall–Kier alpha value is -3.27. The second kappa shape index (κ2) is 7.86. The minimum absolute atomic E-state index is 0.281. The lowest BCUT2D eigenvalue weighted by Crippen LogP contribution is -2.59. The minimum Gasteiger partial charge on any atom is -0.388 e. The van der Waals surface area contributed by atoms with E-state index in [0.717, 1.165) is 11.1 Å². The van der Waals surface area contributed by atoms with Crippen LogP contribution >= 0.6 is 0 Å². The lowest BCUT2D eigenvalue weighted by Gasteiger charge is -2.38. The van der Waals surface area contributed by atoms with Gasteiger partial charge in [0.05, 0.1) is 30.7 Å². The van der Waals surface area contributed by atoms with Crippen LogP contribution in [0.15, 0.2) is 67.3 Å². The smallest absolute Gasteiger partial charge is 0.319 e. The van der Waals surface area contributed by atoms with Gasteiger partial charge >= 0.3 is 6.03 Å². The number of anilines is 1. The number of benzene rings is 1. The molecule has 2 bridgehead atoms. The van der Waals surface area contributed by atoms with Gasteiger partial charge in [-0.1, -0.05) is 30.3 Å². The van der Waals surface area contributed by atoms with E-state index in [1.165, 1.54) is 0 Å². The molecule has 30 heavy (non-hydrogen) atoms. The van der Waals surface area contributed by atoms with Gasteiger partial charge in [0.1, 0.15) is 18.2 Å². The Morgan fingerprint density at radius 1 is 1.13 bits per heavy atom. The molecule has 2 fully saturated rings.